The molecule has 0 aromatic rings. The van der Waals surface area contributed by atoms with Gasteiger partial charge in [-0.2, -0.15) is 0 Å². The Kier molecular flexibility index (Phi) is 3.07. The number of hydrogen-bond donors (Lipinski definition) is 0. The van der Waals surface area contributed by atoms with Crippen molar-refractivity contribution < 1.29 is 19.1 Å². The van der Waals surface area contributed by atoms with Crippen molar-refractivity contribution in [3.05, 3.63) is 0 Å². The van der Waals surface area contributed by atoms with Crippen molar-refractivity contribution in [1.82, 2.24) is 4.90 Å². The lowest BCUT2D eigenvalue weighted by Crippen LogP contribution is -2.47. The second-order valence-electron chi connectivity index (χ2n) is 7.05. The van der Waals surface area contributed by atoms with E-state index in [0.717, 1.165) is 0 Å². The average Bonchev–Trinajstić information content (AvgIpc) is 2.65. The second kappa shape index (κ2) is 4.12. The Bertz CT molecular complexity index is 410. The van der Waals surface area contributed by atoms with Crippen molar-refractivity contribution in [2.45, 2.75) is 46.3 Å². The molecule has 0 spiro atoms. The number of hydrogen-bond acceptors (Lipinski definition) is 4. The SMILES string of the molecule is COC(=O)[C@@H]1C2[C@H](CN1C(=O)OC(C)(C)C)C2(C)C. The van der Waals surface area contributed by atoms with Gasteiger partial charge in [0.05, 0.1) is 7.11 Å². The number of carbonyl (C=O) groups excluding carboxylic acids is 2. The van der Waals surface area contributed by atoms with E-state index in [4.69, 9.17) is 9.47 Å². The van der Waals surface area contributed by atoms with Crippen molar-refractivity contribution in [3.8, 4) is 0 Å². The Morgan fingerprint density at radius 1 is 1.26 bits per heavy atom. The molecule has 5 heteroatoms. The molecule has 1 saturated heterocycles. The van der Waals surface area contributed by atoms with Gasteiger partial charge >= 0.3 is 12.1 Å². The molecule has 1 unspecified atom stereocenters. The van der Waals surface area contributed by atoms with Crippen molar-refractivity contribution in [3.63, 3.8) is 0 Å². The van der Waals surface area contributed by atoms with E-state index in [1.165, 1.54) is 12.0 Å². The predicted octanol–water partition coefficient (Wildman–Crippen LogP) is 2.05. The third-order valence-corrected chi connectivity index (χ3v) is 4.28. The van der Waals surface area contributed by atoms with Crippen LogP contribution in [0.15, 0.2) is 0 Å². The minimum Gasteiger partial charge on any atom is -0.467 e. The van der Waals surface area contributed by atoms with Gasteiger partial charge in [-0.1, -0.05) is 13.8 Å². The summed E-state index contributed by atoms with van der Waals surface area (Å²) in [7, 11) is 1.36. The first-order chi connectivity index (χ1) is 8.59. The van der Waals surface area contributed by atoms with Crippen LogP contribution < -0.4 is 0 Å². The van der Waals surface area contributed by atoms with Gasteiger partial charge in [0.1, 0.15) is 11.6 Å². The van der Waals surface area contributed by atoms with Crippen molar-refractivity contribution >= 4 is 12.1 Å². The number of fused-ring (bicyclic) bond motifs is 1. The van der Waals surface area contributed by atoms with Gasteiger partial charge in [0.2, 0.25) is 0 Å². The molecule has 108 valence electrons. The topological polar surface area (TPSA) is 55.8 Å². The number of likely N-dealkylation sites (tertiary alicyclic amines) is 1. The van der Waals surface area contributed by atoms with Gasteiger partial charge < -0.3 is 9.47 Å². The molecule has 1 heterocycles. The van der Waals surface area contributed by atoms with E-state index in [0.29, 0.717) is 12.5 Å². The molecule has 5 nitrogen and oxygen atoms in total. The number of carbonyl (C=O) groups is 2. The second-order valence-corrected chi connectivity index (χ2v) is 7.05. The summed E-state index contributed by atoms with van der Waals surface area (Å²) in [4.78, 5) is 25.6. The minimum atomic E-state index is -0.556. The van der Waals surface area contributed by atoms with E-state index >= 15 is 0 Å². The lowest BCUT2D eigenvalue weighted by atomic mass is 10.0. The van der Waals surface area contributed by atoms with E-state index in [2.05, 4.69) is 13.8 Å². The van der Waals surface area contributed by atoms with E-state index < -0.39 is 17.7 Å². The van der Waals surface area contributed by atoms with Crippen LogP contribution in [0.4, 0.5) is 4.79 Å². The maximum absolute atomic E-state index is 12.2. The van der Waals surface area contributed by atoms with Gasteiger partial charge in [-0.05, 0) is 32.1 Å². The predicted molar refractivity (Wildman–Crippen MR) is 69.5 cm³/mol. The molecular formula is C14H23NO4. The monoisotopic (exact) mass is 269 g/mol. The van der Waals surface area contributed by atoms with E-state index in [1.54, 1.807) is 0 Å². The highest BCUT2D eigenvalue weighted by Gasteiger charge is 2.70. The number of methoxy groups -OCH3 is 1. The van der Waals surface area contributed by atoms with Gasteiger partial charge in [0.15, 0.2) is 0 Å². The Balaban J connectivity index is 2.14. The molecule has 1 saturated carbocycles. The zero-order valence-corrected chi connectivity index (χ0v) is 12.5. The Morgan fingerprint density at radius 2 is 1.84 bits per heavy atom. The average molecular weight is 269 g/mol. The molecule has 0 aromatic carbocycles. The van der Waals surface area contributed by atoms with Gasteiger partial charge in [0, 0.05) is 12.5 Å². The fraction of sp³-hybridized carbons (Fsp3) is 0.857. The maximum Gasteiger partial charge on any atom is 0.411 e. The molecule has 2 aliphatic rings. The molecule has 3 atom stereocenters. The molecular weight excluding hydrogens is 246 g/mol. The quantitative estimate of drug-likeness (QED) is 0.684. The first-order valence-electron chi connectivity index (χ1n) is 6.67. The van der Waals surface area contributed by atoms with Gasteiger partial charge in [0.25, 0.3) is 0 Å². The number of ether oxygens (including phenoxy) is 2. The van der Waals surface area contributed by atoms with Crippen molar-refractivity contribution in [1.29, 1.82) is 0 Å². The van der Waals surface area contributed by atoms with Crippen LogP contribution in [-0.4, -0.2) is 42.3 Å². The van der Waals surface area contributed by atoms with Gasteiger partial charge in [-0.25, -0.2) is 9.59 Å². The normalized spacial score (nSPS) is 31.7. The highest BCUT2D eigenvalue weighted by atomic mass is 16.6. The molecule has 0 bridgehead atoms. The third-order valence-electron chi connectivity index (χ3n) is 4.28. The van der Waals surface area contributed by atoms with Crippen LogP contribution in [0.2, 0.25) is 0 Å². The van der Waals surface area contributed by atoms with Crippen molar-refractivity contribution in [2.75, 3.05) is 13.7 Å². The van der Waals surface area contributed by atoms with Crippen LogP contribution in [0.1, 0.15) is 34.6 Å². The summed E-state index contributed by atoms with van der Waals surface area (Å²) in [6.07, 6.45) is -0.425. The van der Waals surface area contributed by atoms with Gasteiger partial charge in [-0.3, -0.25) is 4.90 Å². The van der Waals surface area contributed by atoms with E-state index in [-0.39, 0.29) is 17.3 Å². The first-order valence-corrected chi connectivity index (χ1v) is 6.67. The fourth-order valence-electron chi connectivity index (χ4n) is 3.18. The Hall–Kier alpha value is -1.26. The standard InChI is InChI=1S/C14H23NO4/c1-13(2,3)19-12(17)15-7-8-9(14(8,4)5)10(15)11(16)18-6/h8-10H,7H2,1-6H3/t8-,9?,10-/m0/s1. The number of esters is 1. The number of rotatable bonds is 1. The van der Waals surface area contributed by atoms with Crippen LogP contribution in [-0.2, 0) is 14.3 Å². The molecule has 1 amide bonds. The molecule has 1 aliphatic heterocycles. The lowest BCUT2D eigenvalue weighted by molar-refractivity contribution is -0.147. The fourth-order valence-corrected chi connectivity index (χ4v) is 3.18. The van der Waals surface area contributed by atoms with Crippen LogP contribution in [0, 0.1) is 17.3 Å². The molecule has 2 fully saturated rings. The highest BCUT2D eigenvalue weighted by molar-refractivity contribution is 5.83. The molecule has 0 N–H and O–H groups in total. The zero-order chi connectivity index (χ0) is 14.6. The lowest BCUT2D eigenvalue weighted by Gasteiger charge is -2.31. The Labute approximate surface area is 114 Å². The summed E-state index contributed by atoms with van der Waals surface area (Å²) in [6.45, 7) is 10.3. The van der Waals surface area contributed by atoms with Crippen LogP contribution in [0.5, 0.6) is 0 Å². The third kappa shape index (κ3) is 2.30. The van der Waals surface area contributed by atoms with E-state index in [1.807, 2.05) is 20.8 Å². The summed E-state index contributed by atoms with van der Waals surface area (Å²) < 4.78 is 10.2. The van der Waals surface area contributed by atoms with Crippen molar-refractivity contribution in [2.24, 2.45) is 17.3 Å². The molecule has 1 aliphatic carbocycles. The summed E-state index contributed by atoms with van der Waals surface area (Å²) in [5.41, 5.74) is -0.447. The first kappa shape index (κ1) is 14.2. The molecule has 0 aromatic heterocycles. The smallest absolute Gasteiger partial charge is 0.411 e. The maximum atomic E-state index is 12.2. The largest absolute Gasteiger partial charge is 0.467 e. The zero-order valence-electron chi connectivity index (χ0n) is 12.5. The minimum absolute atomic E-state index is 0.109. The summed E-state index contributed by atoms with van der Waals surface area (Å²) in [5, 5.41) is 0. The van der Waals surface area contributed by atoms with Gasteiger partial charge in [-0.15, -0.1) is 0 Å². The van der Waals surface area contributed by atoms with Crippen LogP contribution in [0.3, 0.4) is 0 Å². The number of amides is 1. The van der Waals surface area contributed by atoms with Crippen LogP contribution in [0.25, 0.3) is 0 Å². The summed E-state index contributed by atoms with van der Waals surface area (Å²) in [6, 6.07) is -0.500. The molecule has 0 radical (unpaired) electrons. The molecule has 19 heavy (non-hydrogen) atoms. The molecule has 2 rings (SSSR count). The summed E-state index contributed by atoms with van der Waals surface area (Å²) >= 11 is 0. The Morgan fingerprint density at radius 3 is 2.32 bits per heavy atom. The highest BCUT2D eigenvalue weighted by Crippen LogP contribution is 2.65. The number of piperidine rings is 1. The number of nitrogens with zero attached hydrogens (tertiary/aromatic N) is 1. The van der Waals surface area contributed by atoms with Crippen LogP contribution >= 0.6 is 0 Å². The summed E-state index contributed by atoms with van der Waals surface area (Å²) in [5.74, 6) is 0.209. The van der Waals surface area contributed by atoms with E-state index in [9.17, 15) is 9.59 Å².